The molecular weight excluding hydrogens is 344 g/mol. The molecule has 0 bridgehead atoms. The van der Waals surface area contributed by atoms with E-state index in [9.17, 15) is 10.1 Å². The highest BCUT2D eigenvalue weighted by atomic mass is 35.5. The summed E-state index contributed by atoms with van der Waals surface area (Å²) >= 11 is 6.05. The molecule has 0 unspecified atom stereocenters. The summed E-state index contributed by atoms with van der Waals surface area (Å²) in [5.41, 5.74) is 0.884. The molecule has 0 aliphatic carbocycles. The number of nitrogens with zero attached hydrogens (tertiary/aromatic N) is 2. The molecule has 0 aliphatic heterocycles. The predicted molar refractivity (Wildman–Crippen MR) is 93.2 cm³/mol. The second kappa shape index (κ2) is 7.63. The highest BCUT2D eigenvalue weighted by molar-refractivity contribution is 6.32. The maximum Gasteiger partial charge on any atom is 0.406 e. The Kier molecular flexibility index (Phi) is 5.11. The zero-order chi connectivity index (χ0) is 17.6. The average Bonchev–Trinajstić information content (AvgIpc) is 2.63. The van der Waals surface area contributed by atoms with Crippen LogP contribution in [0.3, 0.4) is 0 Å². The largest absolute Gasteiger partial charge is 0.481 e. The Bertz CT molecular complexity index is 887. The number of benzene rings is 2. The second-order valence-electron chi connectivity index (χ2n) is 5.06. The molecule has 0 radical (unpaired) electrons. The van der Waals surface area contributed by atoms with Crippen molar-refractivity contribution >= 4 is 17.4 Å². The van der Waals surface area contributed by atoms with Crippen LogP contribution in [-0.4, -0.2) is 9.91 Å². The lowest BCUT2D eigenvalue weighted by Gasteiger charge is -2.09. The molecule has 25 heavy (non-hydrogen) atoms. The molecule has 0 amide bonds. The van der Waals surface area contributed by atoms with Crippen molar-refractivity contribution in [3.8, 4) is 17.2 Å². The number of hydrogen-bond donors (Lipinski definition) is 0. The summed E-state index contributed by atoms with van der Waals surface area (Å²) in [6.45, 7) is 0.179. The molecule has 0 saturated carbocycles. The summed E-state index contributed by atoms with van der Waals surface area (Å²) in [7, 11) is 0. The monoisotopic (exact) mass is 356 g/mol. The Morgan fingerprint density at radius 2 is 1.76 bits per heavy atom. The van der Waals surface area contributed by atoms with Gasteiger partial charge in [0.05, 0.1) is 5.02 Å². The van der Waals surface area contributed by atoms with Crippen LogP contribution >= 0.6 is 11.6 Å². The summed E-state index contributed by atoms with van der Waals surface area (Å²) in [5, 5.41) is 11.6. The van der Waals surface area contributed by atoms with Gasteiger partial charge in [0.15, 0.2) is 11.9 Å². The SMILES string of the molecule is O=[N+]([O-])c1ncc(Oc2ccccc2Cl)cc1OCc1ccccc1. The minimum Gasteiger partial charge on any atom is -0.481 e. The lowest BCUT2D eigenvalue weighted by Crippen LogP contribution is -2.01. The van der Waals surface area contributed by atoms with Gasteiger partial charge in [0.1, 0.15) is 12.4 Å². The number of pyridine rings is 1. The molecule has 0 N–H and O–H groups in total. The van der Waals surface area contributed by atoms with Gasteiger partial charge in [0.2, 0.25) is 5.75 Å². The van der Waals surface area contributed by atoms with E-state index in [1.165, 1.54) is 12.3 Å². The number of rotatable bonds is 6. The molecule has 0 fully saturated rings. The van der Waals surface area contributed by atoms with Gasteiger partial charge in [-0.05, 0) is 27.6 Å². The topological polar surface area (TPSA) is 74.5 Å². The van der Waals surface area contributed by atoms with Gasteiger partial charge in [-0.15, -0.1) is 0 Å². The maximum absolute atomic E-state index is 11.2. The number of hydrogen-bond acceptors (Lipinski definition) is 5. The van der Waals surface area contributed by atoms with E-state index in [0.29, 0.717) is 16.5 Å². The Balaban J connectivity index is 1.84. The fourth-order valence-electron chi connectivity index (χ4n) is 2.11. The van der Waals surface area contributed by atoms with E-state index in [2.05, 4.69) is 4.98 Å². The highest BCUT2D eigenvalue weighted by Crippen LogP contribution is 2.33. The molecule has 126 valence electrons. The van der Waals surface area contributed by atoms with Gasteiger partial charge in [0.25, 0.3) is 0 Å². The Labute approximate surface area is 148 Å². The molecule has 3 aromatic rings. The highest BCUT2D eigenvalue weighted by Gasteiger charge is 2.19. The van der Waals surface area contributed by atoms with Crippen molar-refractivity contribution < 1.29 is 14.4 Å². The number of ether oxygens (including phenoxy) is 2. The quantitative estimate of drug-likeness (QED) is 0.458. The first-order chi connectivity index (χ1) is 12.1. The van der Waals surface area contributed by atoms with Gasteiger partial charge in [0, 0.05) is 6.07 Å². The van der Waals surface area contributed by atoms with Gasteiger partial charge < -0.3 is 19.6 Å². The third-order valence-corrected chi connectivity index (χ3v) is 3.59. The molecule has 0 aliphatic rings. The first kappa shape index (κ1) is 16.7. The maximum atomic E-state index is 11.2. The summed E-state index contributed by atoms with van der Waals surface area (Å²) in [6, 6.07) is 17.7. The van der Waals surface area contributed by atoms with Crippen LogP contribution < -0.4 is 9.47 Å². The molecule has 0 atom stereocenters. The Morgan fingerprint density at radius 1 is 1.04 bits per heavy atom. The summed E-state index contributed by atoms with van der Waals surface area (Å²) in [4.78, 5) is 14.4. The normalized spacial score (nSPS) is 10.3. The molecule has 6 nitrogen and oxygen atoms in total. The zero-order valence-electron chi connectivity index (χ0n) is 13.0. The number of nitro groups is 1. The van der Waals surface area contributed by atoms with E-state index in [1.807, 2.05) is 30.3 Å². The molecule has 2 aromatic carbocycles. The molecule has 3 rings (SSSR count). The standard InChI is InChI=1S/C18H13ClN2O4/c19-15-8-4-5-9-16(15)25-14-10-17(18(20-11-14)21(22)23)24-12-13-6-2-1-3-7-13/h1-11H,12H2. The van der Waals surface area contributed by atoms with Crippen molar-refractivity contribution in [2.24, 2.45) is 0 Å². The smallest absolute Gasteiger partial charge is 0.406 e. The van der Waals surface area contributed by atoms with E-state index >= 15 is 0 Å². The van der Waals surface area contributed by atoms with Gasteiger partial charge in [-0.3, -0.25) is 0 Å². The summed E-state index contributed by atoms with van der Waals surface area (Å²) in [6.07, 6.45) is 1.26. The van der Waals surface area contributed by atoms with E-state index in [0.717, 1.165) is 5.56 Å². The lowest BCUT2D eigenvalue weighted by atomic mass is 10.2. The third-order valence-electron chi connectivity index (χ3n) is 3.28. The third kappa shape index (κ3) is 4.24. The van der Waals surface area contributed by atoms with E-state index in [-0.39, 0.29) is 18.2 Å². The van der Waals surface area contributed by atoms with Crippen LogP contribution in [0.5, 0.6) is 17.2 Å². The first-order valence-electron chi connectivity index (χ1n) is 7.37. The summed E-state index contributed by atoms with van der Waals surface area (Å²) in [5.74, 6) is 0.372. The van der Waals surface area contributed by atoms with Crippen molar-refractivity contribution in [1.82, 2.24) is 4.98 Å². The molecule has 0 spiro atoms. The number of halogens is 1. The number of aromatic nitrogens is 1. The minimum atomic E-state index is -0.598. The van der Waals surface area contributed by atoms with Crippen molar-refractivity contribution in [3.05, 3.63) is 87.6 Å². The van der Waals surface area contributed by atoms with E-state index in [4.69, 9.17) is 21.1 Å². The Hall–Kier alpha value is -3.12. The summed E-state index contributed by atoms with van der Waals surface area (Å²) < 4.78 is 11.2. The van der Waals surface area contributed by atoms with Gasteiger partial charge in [-0.2, -0.15) is 0 Å². The number of para-hydroxylation sites is 1. The van der Waals surface area contributed by atoms with Gasteiger partial charge in [-0.1, -0.05) is 54.1 Å². The molecule has 1 heterocycles. The van der Waals surface area contributed by atoms with Crippen molar-refractivity contribution in [2.75, 3.05) is 0 Å². The fraction of sp³-hybridized carbons (Fsp3) is 0.0556. The predicted octanol–water partition coefficient (Wildman–Crippen LogP) is 5.01. The van der Waals surface area contributed by atoms with Crippen molar-refractivity contribution in [1.29, 1.82) is 0 Å². The van der Waals surface area contributed by atoms with Crippen LogP contribution in [0.25, 0.3) is 0 Å². The fourth-order valence-corrected chi connectivity index (χ4v) is 2.28. The molecule has 7 heteroatoms. The zero-order valence-corrected chi connectivity index (χ0v) is 13.7. The molecule has 1 aromatic heterocycles. The van der Waals surface area contributed by atoms with Crippen LogP contribution in [0.15, 0.2) is 66.9 Å². The van der Waals surface area contributed by atoms with Crippen LogP contribution in [0.4, 0.5) is 5.82 Å². The van der Waals surface area contributed by atoms with Crippen LogP contribution in [0, 0.1) is 10.1 Å². The Morgan fingerprint density at radius 3 is 2.48 bits per heavy atom. The van der Waals surface area contributed by atoms with Crippen molar-refractivity contribution in [2.45, 2.75) is 6.61 Å². The van der Waals surface area contributed by atoms with Crippen LogP contribution in [-0.2, 0) is 6.61 Å². The van der Waals surface area contributed by atoms with Gasteiger partial charge in [-0.25, -0.2) is 0 Å². The average molecular weight is 357 g/mol. The minimum absolute atomic E-state index is 0.0263. The van der Waals surface area contributed by atoms with E-state index < -0.39 is 4.92 Å². The first-order valence-corrected chi connectivity index (χ1v) is 7.75. The van der Waals surface area contributed by atoms with Crippen LogP contribution in [0.1, 0.15) is 5.56 Å². The van der Waals surface area contributed by atoms with E-state index in [1.54, 1.807) is 24.3 Å². The second-order valence-corrected chi connectivity index (χ2v) is 5.46. The van der Waals surface area contributed by atoms with Crippen LogP contribution in [0.2, 0.25) is 5.02 Å². The molecular formula is C18H13ClN2O4. The molecule has 0 saturated heterocycles. The van der Waals surface area contributed by atoms with Gasteiger partial charge >= 0.3 is 5.82 Å². The lowest BCUT2D eigenvalue weighted by molar-refractivity contribution is -0.390. The van der Waals surface area contributed by atoms with Crippen molar-refractivity contribution in [3.63, 3.8) is 0 Å².